The van der Waals surface area contributed by atoms with Crippen molar-refractivity contribution in [3.63, 3.8) is 0 Å². The predicted octanol–water partition coefficient (Wildman–Crippen LogP) is 3.78. The number of benzene rings is 2. The molecule has 1 N–H and O–H groups in total. The summed E-state index contributed by atoms with van der Waals surface area (Å²) in [5, 5.41) is 11.1. The molecule has 0 radical (unpaired) electrons. The second-order valence-corrected chi connectivity index (χ2v) is 6.36. The monoisotopic (exact) mass is 384 g/mol. The van der Waals surface area contributed by atoms with Crippen LogP contribution in [0.3, 0.4) is 0 Å². The van der Waals surface area contributed by atoms with Crippen LogP contribution in [0, 0.1) is 17.5 Å². The van der Waals surface area contributed by atoms with Crippen LogP contribution in [0.2, 0.25) is 0 Å². The van der Waals surface area contributed by atoms with Crippen LogP contribution in [0.4, 0.5) is 24.7 Å². The molecule has 2 aromatic carbocycles. The molecule has 0 saturated carbocycles. The van der Waals surface area contributed by atoms with Crippen molar-refractivity contribution >= 4 is 17.4 Å². The SMILES string of the molecule is O=C1C(Nc2ccc(-c3ccc(F)cc3)nn2)CCN1c1c(F)cccc1F. The molecule has 1 aliphatic heterocycles. The maximum Gasteiger partial charge on any atom is 0.249 e. The fraction of sp³-hybridized carbons (Fsp3) is 0.150. The van der Waals surface area contributed by atoms with Crippen molar-refractivity contribution in [2.24, 2.45) is 0 Å². The van der Waals surface area contributed by atoms with Crippen molar-refractivity contribution in [2.75, 3.05) is 16.8 Å². The fourth-order valence-electron chi connectivity index (χ4n) is 3.15. The first-order valence-corrected chi connectivity index (χ1v) is 8.64. The minimum atomic E-state index is -0.780. The van der Waals surface area contributed by atoms with Gasteiger partial charge < -0.3 is 10.2 Å². The number of para-hydroxylation sites is 1. The lowest BCUT2D eigenvalue weighted by Gasteiger charge is -2.18. The van der Waals surface area contributed by atoms with Gasteiger partial charge in [0.15, 0.2) is 0 Å². The van der Waals surface area contributed by atoms with Crippen molar-refractivity contribution in [3.8, 4) is 11.3 Å². The summed E-state index contributed by atoms with van der Waals surface area (Å²) in [5.74, 6) is -1.98. The number of hydrogen-bond acceptors (Lipinski definition) is 4. The summed E-state index contributed by atoms with van der Waals surface area (Å²) in [4.78, 5) is 13.7. The van der Waals surface area contributed by atoms with E-state index in [0.717, 1.165) is 17.0 Å². The summed E-state index contributed by atoms with van der Waals surface area (Å²) in [7, 11) is 0. The normalized spacial score (nSPS) is 16.5. The van der Waals surface area contributed by atoms with Gasteiger partial charge >= 0.3 is 0 Å². The second kappa shape index (κ2) is 7.30. The van der Waals surface area contributed by atoms with Crippen LogP contribution >= 0.6 is 0 Å². The van der Waals surface area contributed by atoms with Gasteiger partial charge in [-0.2, -0.15) is 0 Å². The molecule has 5 nitrogen and oxygen atoms in total. The molecule has 1 amide bonds. The summed E-state index contributed by atoms with van der Waals surface area (Å²) >= 11 is 0. The van der Waals surface area contributed by atoms with E-state index >= 15 is 0 Å². The molecule has 2 heterocycles. The van der Waals surface area contributed by atoms with E-state index in [1.807, 2.05) is 0 Å². The molecule has 0 spiro atoms. The fourth-order valence-corrected chi connectivity index (χ4v) is 3.15. The Bertz CT molecular complexity index is 989. The summed E-state index contributed by atoms with van der Waals surface area (Å²) in [5.41, 5.74) is 0.923. The second-order valence-electron chi connectivity index (χ2n) is 6.36. The Morgan fingerprint density at radius 2 is 1.64 bits per heavy atom. The number of carbonyl (C=O) groups is 1. The van der Waals surface area contributed by atoms with E-state index in [1.165, 1.54) is 18.2 Å². The van der Waals surface area contributed by atoms with Gasteiger partial charge in [-0.05, 0) is 55.0 Å². The molecule has 1 saturated heterocycles. The molecule has 0 aliphatic carbocycles. The Kier molecular flexibility index (Phi) is 4.68. The zero-order valence-electron chi connectivity index (χ0n) is 14.6. The molecule has 1 fully saturated rings. The molecule has 28 heavy (non-hydrogen) atoms. The van der Waals surface area contributed by atoms with Gasteiger partial charge in [-0.1, -0.05) is 6.07 Å². The average Bonchev–Trinajstić information content (AvgIpc) is 3.03. The molecular weight excluding hydrogens is 369 g/mol. The van der Waals surface area contributed by atoms with Crippen LogP contribution in [0.5, 0.6) is 0 Å². The van der Waals surface area contributed by atoms with E-state index in [-0.39, 0.29) is 18.0 Å². The molecule has 8 heteroatoms. The van der Waals surface area contributed by atoms with Crippen molar-refractivity contribution in [3.05, 3.63) is 72.0 Å². The Hall–Kier alpha value is -3.42. The van der Waals surface area contributed by atoms with E-state index in [9.17, 15) is 18.0 Å². The summed E-state index contributed by atoms with van der Waals surface area (Å²) in [6.45, 7) is 0.190. The lowest BCUT2D eigenvalue weighted by atomic mass is 10.1. The Balaban J connectivity index is 1.48. The maximum atomic E-state index is 14.0. The van der Waals surface area contributed by atoms with E-state index < -0.39 is 23.6 Å². The van der Waals surface area contributed by atoms with Crippen LogP contribution in [-0.2, 0) is 4.79 Å². The minimum absolute atomic E-state index is 0.190. The number of aromatic nitrogens is 2. The molecular formula is C20H15F3N4O. The van der Waals surface area contributed by atoms with E-state index in [1.54, 1.807) is 24.3 Å². The average molecular weight is 384 g/mol. The summed E-state index contributed by atoms with van der Waals surface area (Å²) in [6, 6.07) is 12.0. The molecule has 3 aromatic rings. The number of halogens is 3. The Morgan fingerprint density at radius 3 is 2.29 bits per heavy atom. The molecule has 4 rings (SSSR count). The van der Waals surface area contributed by atoms with Crippen LogP contribution < -0.4 is 10.2 Å². The van der Waals surface area contributed by atoms with Gasteiger partial charge in [0, 0.05) is 12.1 Å². The van der Waals surface area contributed by atoms with Gasteiger partial charge in [0.1, 0.15) is 35.0 Å². The quantitative estimate of drug-likeness (QED) is 0.744. The van der Waals surface area contributed by atoms with Gasteiger partial charge in [-0.25, -0.2) is 13.2 Å². The predicted molar refractivity (Wildman–Crippen MR) is 98.2 cm³/mol. The first kappa shape index (κ1) is 18.0. The standard InChI is InChI=1S/C20H15F3N4O/c21-13-6-4-12(5-7-13)16-8-9-18(26-25-16)24-17-10-11-27(20(17)28)19-14(22)2-1-3-15(19)23/h1-9,17H,10-11H2,(H,24,26). The highest BCUT2D eigenvalue weighted by molar-refractivity contribution is 6.01. The first-order chi connectivity index (χ1) is 13.5. The number of hydrogen-bond donors (Lipinski definition) is 1. The third kappa shape index (κ3) is 3.40. The third-order valence-corrected chi connectivity index (χ3v) is 4.54. The van der Waals surface area contributed by atoms with Crippen LogP contribution in [0.1, 0.15) is 6.42 Å². The van der Waals surface area contributed by atoms with Crippen molar-refractivity contribution in [1.82, 2.24) is 10.2 Å². The highest BCUT2D eigenvalue weighted by atomic mass is 19.1. The summed E-state index contributed by atoms with van der Waals surface area (Å²) < 4.78 is 40.9. The number of nitrogens with zero attached hydrogens (tertiary/aromatic N) is 3. The zero-order chi connectivity index (χ0) is 19.7. The topological polar surface area (TPSA) is 58.1 Å². The van der Waals surface area contributed by atoms with Crippen LogP contribution in [0.15, 0.2) is 54.6 Å². The summed E-state index contributed by atoms with van der Waals surface area (Å²) in [6.07, 6.45) is 0.369. The Labute approximate surface area is 158 Å². The van der Waals surface area contributed by atoms with Crippen molar-refractivity contribution in [2.45, 2.75) is 12.5 Å². The number of rotatable bonds is 4. The molecule has 1 atom stereocenters. The lowest BCUT2D eigenvalue weighted by molar-refractivity contribution is -0.117. The van der Waals surface area contributed by atoms with Gasteiger partial charge in [-0.3, -0.25) is 4.79 Å². The van der Waals surface area contributed by atoms with Gasteiger partial charge in [0.2, 0.25) is 5.91 Å². The van der Waals surface area contributed by atoms with Crippen molar-refractivity contribution in [1.29, 1.82) is 0 Å². The lowest BCUT2D eigenvalue weighted by Crippen LogP contribution is -2.34. The van der Waals surface area contributed by atoms with Gasteiger partial charge in [-0.15, -0.1) is 10.2 Å². The number of amides is 1. The highest BCUT2D eigenvalue weighted by Gasteiger charge is 2.35. The Morgan fingerprint density at radius 1 is 0.929 bits per heavy atom. The maximum absolute atomic E-state index is 14.0. The highest BCUT2D eigenvalue weighted by Crippen LogP contribution is 2.28. The van der Waals surface area contributed by atoms with E-state index in [4.69, 9.17) is 0 Å². The van der Waals surface area contributed by atoms with Crippen LogP contribution in [0.25, 0.3) is 11.3 Å². The molecule has 1 aliphatic rings. The molecule has 1 unspecified atom stereocenters. The number of carbonyl (C=O) groups excluding carboxylic acids is 1. The largest absolute Gasteiger partial charge is 0.357 e. The first-order valence-electron chi connectivity index (χ1n) is 8.64. The van der Waals surface area contributed by atoms with E-state index in [2.05, 4.69) is 15.5 Å². The smallest absolute Gasteiger partial charge is 0.249 e. The third-order valence-electron chi connectivity index (χ3n) is 4.54. The molecule has 1 aromatic heterocycles. The van der Waals surface area contributed by atoms with Gasteiger partial charge in [0.05, 0.1) is 5.69 Å². The number of anilines is 2. The van der Waals surface area contributed by atoms with Gasteiger partial charge in [0.25, 0.3) is 0 Å². The minimum Gasteiger partial charge on any atom is -0.357 e. The number of nitrogens with one attached hydrogen (secondary N) is 1. The van der Waals surface area contributed by atoms with Crippen LogP contribution in [-0.4, -0.2) is 28.7 Å². The van der Waals surface area contributed by atoms with Crippen molar-refractivity contribution < 1.29 is 18.0 Å². The van der Waals surface area contributed by atoms with E-state index in [0.29, 0.717) is 23.5 Å². The zero-order valence-corrected chi connectivity index (χ0v) is 14.6. The molecule has 142 valence electrons. The molecule has 0 bridgehead atoms.